The molecular formula is C18H19N3O2. The lowest BCUT2D eigenvalue weighted by Gasteiger charge is -2.27. The monoisotopic (exact) mass is 309 g/mol. The van der Waals surface area contributed by atoms with Crippen LogP contribution in [0.15, 0.2) is 33.5 Å². The van der Waals surface area contributed by atoms with E-state index in [4.69, 9.17) is 4.42 Å². The fraction of sp³-hybridized carbons (Fsp3) is 0.333. The number of fused-ring (bicyclic) bond motifs is 2. The third kappa shape index (κ3) is 2.47. The van der Waals surface area contributed by atoms with Crippen molar-refractivity contribution in [3.63, 3.8) is 0 Å². The number of hydrogen-bond acceptors (Lipinski definition) is 4. The smallest absolute Gasteiger partial charge is 0.255 e. The molecule has 0 bridgehead atoms. The first kappa shape index (κ1) is 14.2. The highest BCUT2D eigenvalue weighted by Gasteiger charge is 2.22. The normalized spacial score (nSPS) is 15.0. The van der Waals surface area contributed by atoms with E-state index >= 15 is 0 Å². The Kier molecular flexibility index (Phi) is 3.31. The van der Waals surface area contributed by atoms with Crippen LogP contribution >= 0.6 is 0 Å². The van der Waals surface area contributed by atoms with Gasteiger partial charge in [-0.25, -0.2) is 4.98 Å². The second-order valence-electron chi connectivity index (χ2n) is 6.17. The van der Waals surface area contributed by atoms with E-state index in [1.165, 1.54) is 5.56 Å². The van der Waals surface area contributed by atoms with Crippen molar-refractivity contribution in [3.05, 3.63) is 63.0 Å². The Balaban J connectivity index is 1.65. The minimum atomic E-state index is -0.00836. The first-order valence-corrected chi connectivity index (χ1v) is 7.90. The number of nitrogens with one attached hydrogen (secondary N) is 1. The van der Waals surface area contributed by atoms with Crippen LogP contribution in [0.5, 0.6) is 0 Å². The summed E-state index contributed by atoms with van der Waals surface area (Å²) >= 11 is 0. The maximum atomic E-state index is 12.2. The number of aryl methyl sites for hydroxylation is 2. The highest BCUT2D eigenvalue weighted by Crippen LogP contribution is 2.27. The highest BCUT2D eigenvalue weighted by molar-refractivity contribution is 5.82. The summed E-state index contributed by atoms with van der Waals surface area (Å²) in [7, 11) is 0. The number of hydrogen-bond donors (Lipinski definition) is 1. The largest absolute Gasteiger partial charge is 0.461 e. The van der Waals surface area contributed by atoms with E-state index in [0.29, 0.717) is 12.4 Å². The van der Waals surface area contributed by atoms with E-state index in [-0.39, 0.29) is 5.56 Å². The summed E-state index contributed by atoms with van der Waals surface area (Å²) in [6, 6.07) is 8.11. The Morgan fingerprint density at radius 2 is 2.13 bits per heavy atom. The van der Waals surface area contributed by atoms with Gasteiger partial charge in [0.05, 0.1) is 11.3 Å². The maximum Gasteiger partial charge on any atom is 0.255 e. The Morgan fingerprint density at radius 1 is 1.30 bits per heavy atom. The summed E-state index contributed by atoms with van der Waals surface area (Å²) in [5.74, 6) is 1.65. The Hall–Kier alpha value is -2.40. The predicted molar refractivity (Wildman–Crippen MR) is 88.4 cm³/mol. The molecule has 4 rings (SSSR count). The van der Waals surface area contributed by atoms with Crippen LogP contribution in [-0.2, 0) is 19.5 Å². The zero-order valence-corrected chi connectivity index (χ0v) is 13.3. The van der Waals surface area contributed by atoms with Gasteiger partial charge in [0.1, 0.15) is 17.2 Å². The number of aromatic amines is 1. The molecule has 0 unspecified atom stereocenters. The fourth-order valence-electron chi connectivity index (χ4n) is 3.38. The molecule has 2 aromatic heterocycles. The van der Waals surface area contributed by atoms with Crippen molar-refractivity contribution in [1.29, 1.82) is 0 Å². The van der Waals surface area contributed by atoms with E-state index in [0.717, 1.165) is 47.5 Å². The Labute approximate surface area is 134 Å². The third-order valence-electron chi connectivity index (χ3n) is 4.55. The van der Waals surface area contributed by atoms with Gasteiger partial charge in [0.2, 0.25) is 0 Å². The van der Waals surface area contributed by atoms with Gasteiger partial charge < -0.3 is 9.40 Å². The first-order chi connectivity index (χ1) is 11.1. The van der Waals surface area contributed by atoms with Gasteiger partial charge in [-0.05, 0) is 19.9 Å². The van der Waals surface area contributed by atoms with Crippen molar-refractivity contribution in [2.24, 2.45) is 0 Å². The molecule has 1 aliphatic heterocycles. The molecule has 0 amide bonds. The highest BCUT2D eigenvalue weighted by atomic mass is 16.3. The fourth-order valence-corrected chi connectivity index (χ4v) is 3.38. The molecule has 0 spiro atoms. The van der Waals surface area contributed by atoms with Gasteiger partial charge in [0.15, 0.2) is 0 Å². The van der Waals surface area contributed by atoms with Gasteiger partial charge in [0.25, 0.3) is 5.56 Å². The maximum absolute atomic E-state index is 12.2. The minimum absolute atomic E-state index is 0.00836. The molecular weight excluding hydrogens is 290 g/mol. The van der Waals surface area contributed by atoms with Crippen molar-refractivity contribution in [2.75, 3.05) is 6.54 Å². The van der Waals surface area contributed by atoms with Gasteiger partial charge in [0, 0.05) is 37.0 Å². The third-order valence-corrected chi connectivity index (χ3v) is 4.55. The lowest BCUT2D eigenvalue weighted by molar-refractivity contribution is 0.241. The molecule has 0 aliphatic carbocycles. The number of nitrogens with zero attached hydrogens (tertiary/aromatic N) is 2. The number of aromatic nitrogens is 2. The molecule has 5 heteroatoms. The number of para-hydroxylation sites is 1. The topological polar surface area (TPSA) is 62.1 Å². The lowest BCUT2D eigenvalue weighted by Crippen LogP contribution is -2.35. The van der Waals surface area contributed by atoms with Gasteiger partial charge in [-0.3, -0.25) is 9.69 Å². The van der Waals surface area contributed by atoms with Crippen LogP contribution in [0.1, 0.15) is 28.4 Å². The molecule has 1 aromatic carbocycles. The van der Waals surface area contributed by atoms with Crippen molar-refractivity contribution in [2.45, 2.75) is 33.4 Å². The van der Waals surface area contributed by atoms with E-state index in [1.54, 1.807) is 0 Å². The second-order valence-corrected chi connectivity index (χ2v) is 6.17. The first-order valence-electron chi connectivity index (χ1n) is 7.90. The van der Waals surface area contributed by atoms with E-state index in [1.807, 2.05) is 32.0 Å². The molecule has 0 saturated heterocycles. The zero-order chi connectivity index (χ0) is 16.0. The van der Waals surface area contributed by atoms with Crippen LogP contribution in [0, 0.1) is 13.8 Å². The molecule has 1 N–H and O–H groups in total. The number of H-pyrrole nitrogens is 1. The van der Waals surface area contributed by atoms with Crippen molar-refractivity contribution < 1.29 is 4.42 Å². The molecule has 0 radical (unpaired) electrons. The number of furan rings is 1. The van der Waals surface area contributed by atoms with Crippen molar-refractivity contribution >= 4 is 11.0 Å². The molecule has 3 aromatic rings. The van der Waals surface area contributed by atoms with E-state index < -0.39 is 0 Å². The summed E-state index contributed by atoms with van der Waals surface area (Å²) in [5, 5.41) is 1.16. The minimum Gasteiger partial charge on any atom is -0.461 e. The van der Waals surface area contributed by atoms with Crippen LogP contribution in [0.25, 0.3) is 11.0 Å². The quantitative estimate of drug-likeness (QED) is 0.790. The molecule has 3 heterocycles. The predicted octanol–water partition coefficient (Wildman–Crippen LogP) is 2.69. The lowest BCUT2D eigenvalue weighted by atomic mass is 10.0. The van der Waals surface area contributed by atoms with Crippen LogP contribution < -0.4 is 5.56 Å². The van der Waals surface area contributed by atoms with Crippen molar-refractivity contribution in [3.8, 4) is 0 Å². The summed E-state index contributed by atoms with van der Waals surface area (Å²) in [5.41, 5.74) is 3.86. The number of benzene rings is 1. The summed E-state index contributed by atoms with van der Waals surface area (Å²) in [6.45, 7) is 6.16. The van der Waals surface area contributed by atoms with Gasteiger partial charge >= 0.3 is 0 Å². The molecule has 0 fully saturated rings. The summed E-state index contributed by atoms with van der Waals surface area (Å²) in [6.07, 6.45) is 0.814. The number of rotatable bonds is 2. The van der Waals surface area contributed by atoms with E-state index in [9.17, 15) is 4.79 Å². The van der Waals surface area contributed by atoms with Crippen molar-refractivity contribution in [1.82, 2.24) is 14.9 Å². The van der Waals surface area contributed by atoms with Gasteiger partial charge in [-0.2, -0.15) is 0 Å². The molecule has 23 heavy (non-hydrogen) atoms. The summed E-state index contributed by atoms with van der Waals surface area (Å²) < 4.78 is 5.84. The molecule has 5 nitrogen and oxygen atoms in total. The van der Waals surface area contributed by atoms with Crippen LogP contribution in [-0.4, -0.2) is 21.4 Å². The van der Waals surface area contributed by atoms with Gasteiger partial charge in [-0.1, -0.05) is 18.2 Å². The molecule has 1 aliphatic rings. The summed E-state index contributed by atoms with van der Waals surface area (Å²) in [4.78, 5) is 21.7. The average Bonchev–Trinajstić information content (AvgIpc) is 2.84. The second kappa shape index (κ2) is 5.35. The van der Waals surface area contributed by atoms with Gasteiger partial charge in [-0.15, -0.1) is 0 Å². The molecule has 118 valence electrons. The SMILES string of the molecule is Cc1nc2c(c(=O)[nH]1)CN(Cc1c(C)oc3ccccc13)CC2. The Bertz CT molecular complexity index is 939. The zero-order valence-electron chi connectivity index (χ0n) is 13.3. The standard InChI is InChI=1S/C18H19N3O2/c1-11-14(13-5-3-4-6-17(13)23-11)9-21-8-7-16-15(10-21)18(22)20-12(2)19-16/h3-6H,7-10H2,1-2H3,(H,19,20,22). The van der Waals surface area contributed by atoms with Crippen LogP contribution in [0.4, 0.5) is 0 Å². The molecule has 0 saturated carbocycles. The van der Waals surface area contributed by atoms with Crippen LogP contribution in [0.3, 0.4) is 0 Å². The average molecular weight is 309 g/mol. The Morgan fingerprint density at radius 3 is 3.00 bits per heavy atom. The van der Waals surface area contributed by atoms with E-state index in [2.05, 4.69) is 20.9 Å². The van der Waals surface area contributed by atoms with Crippen LogP contribution in [0.2, 0.25) is 0 Å². The molecule has 0 atom stereocenters.